The molecule has 0 unspecified atom stereocenters. The molecule has 0 N–H and O–H groups in total. The summed E-state index contributed by atoms with van der Waals surface area (Å²) in [4.78, 5) is 0. The third-order valence-electron chi connectivity index (χ3n) is 5.38. The second-order valence-electron chi connectivity index (χ2n) is 7.02. The van der Waals surface area contributed by atoms with Gasteiger partial charge in [0.1, 0.15) is 0 Å². The third kappa shape index (κ3) is 4.97. The van der Waals surface area contributed by atoms with Gasteiger partial charge in [0, 0.05) is 5.54 Å². The van der Waals surface area contributed by atoms with E-state index in [1.165, 1.54) is 43.2 Å². The maximum absolute atomic E-state index is 8.88. The predicted molar refractivity (Wildman–Crippen MR) is 105 cm³/mol. The number of allylic oxidation sites excluding steroid dienone is 1. The van der Waals surface area contributed by atoms with Crippen LogP contribution in [0.25, 0.3) is 11.1 Å². The number of hydrogen-bond donors (Lipinski definition) is 0. The monoisotopic (exact) mass is 349 g/mol. The van der Waals surface area contributed by atoms with E-state index in [9.17, 15) is 0 Å². The Morgan fingerprint density at radius 2 is 1.52 bits per heavy atom. The molecule has 1 saturated carbocycles. The molecule has 0 aromatic heterocycles. The highest BCUT2D eigenvalue weighted by molar-refractivity contribution is 6.25. The number of nitriles is 1. The molecule has 0 atom stereocenters. The molecule has 3 rings (SSSR count). The molecule has 0 heterocycles. The average molecular weight is 350 g/mol. The van der Waals surface area contributed by atoms with E-state index in [0.717, 1.165) is 17.9 Å². The Morgan fingerprint density at radius 3 is 2.08 bits per heavy atom. The standard InChI is InChI=1S/C23H24ClN/c24-16-15-20-5-3-18(4-6-20)1-2-19-7-11-22(12-8-19)23-13-9-21(17-25)10-14-23/h7-16,18,20H,1-6H2/b16-15+. The van der Waals surface area contributed by atoms with Crippen LogP contribution >= 0.6 is 11.6 Å². The van der Waals surface area contributed by atoms with Crippen LogP contribution in [0.2, 0.25) is 0 Å². The Bertz CT molecular complexity index is 729. The molecule has 1 aliphatic carbocycles. The summed E-state index contributed by atoms with van der Waals surface area (Å²) in [7, 11) is 0. The number of aryl methyl sites for hydroxylation is 1. The first-order valence-corrected chi connectivity index (χ1v) is 9.58. The van der Waals surface area contributed by atoms with Gasteiger partial charge in [-0.1, -0.05) is 54.1 Å². The Kier molecular flexibility index (Phi) is 6.31. The van der Waals surface area contributed by atoms with Crippen LogP contribution in [0.5, 0.6) is 0 Å². The molecular weight excluding hydrogens is 326 g/mol. The fraction of sp³-hybridized carbons (Fsp3) is 0.348. The fourth-order valence-electron chi connectivity index (χ4n) is 3.74. The number of nitrogens with zero attached hydrogens (tertiary/aromatic N) is 1. The zero-order chi connectivity index (χ0) is 17.5. The lowest BCUT2D eigenvalue weighted by Crippen LogP contribution is -2.13. The number of halogens is 1. The summed E-state index contributed by atoms with van der Waals surface area (Å²) in [5.74, 6) is 1.55. The quantitative estimate of drug-likeness (QED) is 0.588. The van der Waals surface area contributed by atoms with E-state index in [4.69, 9.17) is 16.9 Å². The van der Waals surface area contributed by atoms with Gasteiger partial charge in [-0.25, -0.2) is 0 Å². The Morgan fingerprint density at radius 1 is 0.920 bits per heavy atom. The van der Waals surface area contributed by atoms with Crippen molar-refractivity contribution in [1.29, 1.82) is 5.26 Å². The molecule has 0 radical (unpaired) electrons. The van der Waals surface area contributed by atoms with E-state index in [1.807, 2.05) is 24.3 Å². The summed E-state index contributed by atoms with van der Waals surface area (Å²) in [6.45, 7) is 0. The minimum absolute atomic E-state index is 0.695. The topological polar surface area (TPSA) is 23.8 Å². The molecular formula is C23H24ClN. The summed E-state index contributed by atoms with van der Waals surface area (Å²) in [6.07, 6.45) is 9.82. The van der Waals surface area contributed by atoms with Crippen LogP contribution in [-0.4, -0.2) is 0 Å². The molecule has 0 spiro atoms. The van der Waals surface area contributed by atoms with Crippen LogP contribution in [0.3, 0.4) is 0 Å². The maximum atomic E-state index is 8.88. The predicted octanol–water partition coefficient (Wildman–Crippen LogP) is 6.72. The van der Waals surface area contributed by atoms with Crippen LogP contribution in [-0.2, 0) is 6.42 Å². The van der Waals surface area contributed by atoms with Gasteiger partial charge < -0.3 is 0 Å². The number of hydrogen-bond acceptors (Lipinski definition) is 1. The van der Waals surface area contributed by atoms with Crippen molar-refractivity contribution in [2.45, 2.75) is 38.5 Å². The van der Waals surface area contributed by atoms with Gasteiger partial charge >= 0.3 is 0 Å². The lowest BCUT2D eigenvalue weighted by molar-refractivity contribution is 0.296. The molecule has 1 nitrogen and oxygen atoms in total. The number of rotatable bonds is 5. The first-order valence-electron chi connectivity index (χ1n) is 9.15. The van der Waals surface area contributed by atoms with Gasteiger partial charge in [-0.15, -0.1) is 0 Å². The molecule has 0 saturated heterocycles. The highest BCUT2D eigenvalue weighted by Crippen LogP contribution is 2.32. The van der Waals surface area contributed by atoms with Crippen molar-refractivity contribution in [3.05, 3.63) is 71.3 Å². The van der Waals surface area contributed by atoms with Gasteiger partial charge in [0.15, 0.2) is 0 Å². The Labute approximate surface area is 156 Å². The summed E-state index contributed by atoms with van der Waals surface area (Å²) < 4.78 is 0. The van der Waals surface area contributed by atoms with Crippen LogP contribution in [0.4, 0.5) is 0 Å². The molecule has 2 heteroatoms. The third-order valence-corrected chi connectivity index (χ3v) is 5.52. The van der Waals surface area contributed by atoms with Crippen molar-refractivity contribution >= 4 is 11.6 Å². The minimum Gasteiger partial charge on any atom is -0.192 e. The molecule has 0 bridgehead atoms. The lowest BCUT2D eigenvalue weighted by atomic mass is 9.79. The van der Waals surface area contributed by atoms with Crippen molar-refractivity contribution < 1.29 is 0 Å². The van der Waals surface area contributed by atoms with Gasteiger partial charge in [0.05, 0.1) is 11.6 Å². The maximum Gasteiger partial charge on any atom is 0.0991 e. The van der Waals surface area contributed by atoms with Crippen LogP contribution in [0.15, 0.2) is 60.1 Å². The highest BCUT2D eigenvalue weighted by Gasteiger charge is 2.19. The molecule has 2 aromatic rings. The molecule has 1 aliphatic rings. The van der Waals surface area contributed by atoms with Gasteiger partial charge in [-0.3, -0.25) is 0 Å². The van der Waals surface area contributed by atoms with Crippen molar-refractivity contribution in [2.75, 3.05) is 0 Å². The zero-order valence-corrected chi connectivity index (χ0v) is 15.3. The second-order valence-corrected chi connectivity index (χ2v) is 7.28. The van der Waals surface area contributed by atoms with Crippen LogP contribution in [0.1, 0.15) is 43.2 Å². The van der Waals surface area contributed by atoms with Crippen molar-refractivity contribution in [3.8, 4) is 17.2 Å². The van der Waals surface area contributed by atoms with Crippen LogP contribution < -0.4 is 0 Å². The second kappa shape index (κ2) is 8.88. The molecule has 2 aromatic carbocycles. The van der Waals surface area contributed by atoms with Gasteiger partial charge in [0.25, 0.3) is 0 Å². The largest absolute Gasteiger partial charge is 0.192 e. The summed E-state index contributed by atoms with van der Waals surface area (Å²) in [5, 5.41) is 8.88. The van der Waals surface area contributed by atoms with Gasteiger partial charge in [-0.2, -0.15) is 5.26 Å². The summed E-state index contributed by atoms with van der Waals surface area (Å²) in [6, 6.07) is 18.8. The van der Waals surface area contributed by atoms with Crippen molar-refractivity contribution in [2.24, 2.45) is 11.8 Å². The molecule has 1 fully saturated rings. The smallest absolute Gasteiger partial charge is 0.0991 e. The van der Waals surface area contributed by atoms with Gasteiger partial charge in [0.2, 0.25) is 0 Å². The average Bonchev–Trinajstić information content (AvgIpc) is 2.68. The zero-order valence-electron chi connectivity index (χ0n) is 14.5. The first kappa shape index (κ1) is 17.8. The van der Waals surface area contributed by atoms with Crippen LogP contribution in [0, 0.1) is 23.2 Å². The number of benzene rings is 2. The van der Waals surface area contributed by atoms with E-state index in [1.54, 1.807) is 5.54 Å². The lowest BCUT2D eigenvalue weighted by Gasteiger charge is -2.26. The summed E-state index contributed by atoms with van der Waals surface area (Å²) in [5.41, 5.74) is 6.18. The van der Waals surface area contributed by atoms with E-state index in [-0.39, 0.29) is 0 Å². The van der Waals surface area contributed by atoms with E-state index in [2.05, 4.69) is 36.4 Å². The van der Waals surface area contributed by atoms with Crippen molar-refractivity contribution in [1.82, 2.24) is 0 Å². The molecule has 25 heavy (non-hydrogen) atoms. The SMILES string of the molecule is N#Cc1ccc(-c2ccc(CCC3CCC(/C=C/Cl)CC3)cc2)cc1. The molecule has 0 amide bonds. The highest BCUT2D eigenvalue weighted by atomic mass is 35.5. The van der Waals surface area contributed by atoms with Crippen molar-refractivity contribution in [3.63, 3.8) is 0 Å². The first-order chi connectivity index (χ1) is 12.3. The normalized spacial score (nSPS) is 20.5. The minimum atomic E-state index is 0.695. The fourth-order valence-corrected chi connectivity index (χ4v) is 3.95. The Hall–Kier alpha value is -2.04. The van der Waals surface area contributed by atoms with Gasteiger partial charge in [-0.05, 0) is 79.2 Å². The van der Waals surface area contributed by atoms with E-state index in [0.29, 0.717) is 11.5 Å². The Balaban J connectivity index is 1.52. The van der Waals surface area contributed by atoms with E-state index >= 15 is 0 Å². The van der Waals surface area contributed by atoms with E-state index < -0.39 is 0 Å². The molecule has 0 aliphatic heterocycles. The molecule has 128 valence electrons. The summed E-state index contributed by atoms with van der Waals surface area (Å²) >= 11 is 5.69.